The van der Waals surface area contributed by atoms with Crippen LogP contribution in [0.2, 0.25) is 0 Å². The summed E-state index contributed by atoms with van der Waals surface area (Å²) in [6.07, 6.45) is 1.42. The highest BCUT2D eigenvalue weighted by atomic mass is 16.5. The quantitative estimate of drug-likeness (QED) is 0.762. The summed E-state index contributed by atoms with van der Waals surface area (Å²) in [5, 5.41) is 9.96. The Morgan fingerprint density at radius 3 is 3.00 bits per heavy atom. The Morgan fingerprint density at radius 2 is 2.33 bits per heavy atom. The topological polar surface area (TPSA) is 116 Å². The second-order valence-electron chi connectivity index (χ2n) is 4.18. The molecule has 0 aliphatic rings. The fourth-order valence-corrected chi connectivity index (χ4v) is 1.65. The highest BCUT2D eigenvalue weighted by Crippen LogP contribution is 2.15. The molecule has 9 heteroatoms. The number of nitrogens with zero attached hydrogens (tertiary/aromatic N) is 3. The van der Waals surface area contributed by atoms with Gasteiger partial charge in [-0.2, -0.15) is 4.68 Å². The van der Waals surface area contributed by atoms with Gasteiger partial charge in [0.15, 0.2) is 11.6 Å². The number of carbonyl (C=O) groups is 1. The van der Waals surface area contributed by atoms with E-state index >= 15 is 0 Å². The van der Waals surface area contributed by atoms with E-state index in [0.29, 0.717) is 11.5 Å². The van der Waals surface area contributed by atoms with Crippen molar-refractivity contribution in [1.29, 1.82) is 0 Å². The molecule has 0 saturated heterocycles. The standard InChI is InChI=1S/C12H10N4O5/c1-7-5-9(15-21-7)13-10(17)6-16-12(18)20-11(14-16)8-3-2-4-19-8/h2-5H,6H2,1H3,(H,13,15,17). The van der Waals surface area contributed by atoms with E-state index in [4.69, 9.17) is 13.4 Å². The van der Waals surface area contributed by atoms with Crippen LogP contribution >= 0.6 is 0 Å². The van der Waals surface area contributed by atoms with Gasteiger partial charge in [0.25, 0.3) is 5.89 Å². The van der Waals surface area contributed by atoms with E-state index in [1.807, 2.05) is 0 Å². The van der Waals surface area contributed by atoms with Crippen LogP contribution in [0.15, 0.2) is 42.6 Å². The van der Waals surface area contributed by atoms with Crippen molar-refractivity contribution in [3.05, 3.63) is 40.8 Å². The van der Waals surface area contributed by atoms with E-state index in [-0.39, 0.29) is 18.3 Å². The number of aryl methyl sites for hydroxylation is 1. The highest BCUT2D eigenvalue weighted by molar-refractivity contribution is 5.89. The number of rotatable bonds is 4. The minimum atomic E-state index is -0.757. The number of nitrogens with one attached hydrogen (secondary N) is 1. The molecule has 0 aromatic carbocycles. The van der Waals surface area contributed by atoms with E-state index < -0.39 is 11.7 Å². The number of amides is 1. The van der Waals surface area contributed by atoms with Crippen LogP contribution in [0.1, 0.15) is 5.76 Å². The van der Waals surface area contributed by atoms with Crippen LogP contribution in [0.25, 0.3) is 11.7 Å². The largest absolute Gasteiger partial charge is 0.459 e. The first-order valence-corrected chi connectivity index (χ1v) is 5.97. The third-order valence-electron chi connectivity index (χ3n) is 2.53. The molecule has 108 valence electrons. The molecule has 9 nitrogen and oxygen atoms in total. The monoisotopic (exact) mass is 290 g/mol. The van der Waals surface area contributed by atoms with Crippen LogP contribution in [0, 0.1) is 6.92 Å². The Labute approximate surface area is 117 Å². The van der Waals surface area contributed by atoms with E-state index in [1.165, 1.54) is 6.26 Å². The van der Waals surface area contributed by atoms with Crippen molar-refractivity contribution in [1.82, 2.24) is 14.9 Å². The lowest BCUT2D eigenvalue weighted by atomic mass is 10.4. The molecule has 3 heterocycles. The summed E-state index contributed by atoms with van der Waals surface area (Å²) in [6, 6.07) is 4.78. The Bertz CT molecular complexity index is 811. The second-order valence-corrected chi connectivity index (χ2v) is 4.18. The summed E-state index contributed by atoms with van der Waals surface area (Å²) in [5.74, 6) is -0.102. The number of carbonyl (C=O) groups excluding carboxylic acids is 1. The minimum Gasteiger partial charge on any atom is -0.459 e. The Balaban J connectivity index is 1.73. The summed E-state index contributed by atoms with van der Waals surface area (Å²) < 4.78 is 15.7. The molecule has 21 heavy (non-hydrogen) atoms. The highest BCUT2D eigenvalue weighted by Gasteiger charge is 2.15. The zero-order valence-electron chi connectivity index (χ0n) is 10.9. The third kappa shape index (κ3) is 2.76. The van der Waals surface area contributed by atoms with Crippen molar-refractivity contribution in [2.24, 2.45) is 0 Å². The lowest BCUT2D eigenvalue weighted by molar-refractivity contribution is -0.117. The van der Waals surface area contributed by atoms with Gasteiger partial charge in [0.1, 0.15) is 12.3 Å². The van der Waals surface area contributed by atoms with Gasteiger partial charge < -0.3 is 18.7 Å². The average Bonchev–Trinajstić information content (AvgIpc) is 3.13. The van der Waals surface area contributed by atoms with Gasteiger partial charge >= 0.3 is 5.76 Å². The van der Waals surface area contributed by atoms with E-state index in [1.54, 1.807) is 25.1 Å². The van der Waals surface area contributed by atoms with Gasteiger partial charge in [-0.1, -0.05) is 5.16 Å². The van der Waals surface area contributed by atoms with Gasteiger partial charge in [-0.25, -0.2) is 4.79 Å². The van der Waals surface area contributed by atoms with Crippen LogP contribution in [0.3, 0.4) is 0 Å². The number of hydrogen-bond donors (Lipinski definition) is 1. The van der Waals surface area contributed by atoms with Crippen LogP contribution in [0.4, 0.5) is 5.82 Å². The Morgan fingerprint density at radius 1 is 1.48 bits per heavy atom. The minimum absolute atomic E-state index is 0.00933. The second kappa shape index (κ2) is 5.12. The molecular weight excluding hydrogens is 280 g/mol. The normalized spacial score (nSPS) is 10.7. The predicted molar refractivity (Wildman–Crippen MR) is 68.3 cm³/mol. The third-order valence-corrected chi connectivity index (χ3v) is 2.53. The molecule has 3 aromatic rings. The van der Waals surface area contributed by atoms with Crippen molar-refractivity contribution in [3.8, 4) is 11.7 Å². The summed E-state index contributed by atoms with van der Waals surface area (Å²) in [7, 11) is 0. The number of furan rings is 1. The zero-order chi connectivity index (χ0) is 14.8. The van der Waals surface area contributed by atoms with E-state index in [9.17, 15) is 9.59 Å². The van der Waals surface area contributed by atoms with Crippen LogP contribution in [0.5, 0.6) is 0 Å². The van der Waals surface area contributed by atoms with Crippen molar-refractivity contribution < 1.29 is 18.2 Å². The molecule has 0 bridgehead atoms. The maximum absolute atomic E-state index is 11.8. The van der Waals surface area contributed by atoms with Crippen LogP contribution in [-0.2, 0) is 11.3 Å². The average molecular weight is 290 g/mol. The van der Waals surface area contributed by atoms with Crippen molar-refractivity contribution in [2.75, 3.05) is 5.32 Å². The first-order chi connectivity index (χ1) is 10.1. The number of hydrogen-bond acceptors (Lipinski definition) is 7. The molecule has 0 fully saturated rings. The Hall–Kier alpha value is -3.10. The first-order valence-electron chi connectivity index (χ1n) is 5.97. The molecule has 0 aliphatic carbocycles. The molecule has 3 rings (SSSR count). The van der Waals surface area contributed by atoms with Gasteiger partial charge in [0, 0.05) is 6.07 Å². The van der Waals surface area contributed by atoms with Crippen LogP contribution in [-0.4, -0.2) is 20.8 Å². The number of aromatic nitrogens is 3. The van der Waals surface area contributed by atoms with Crippen molar-refractivity contribution >= 4 is 11.7 Å². The fraction of sp³-hybridized carbons (Fsp3) is 0.167. The molecule has 3 aromatic heterocycles. The first kappa shape index (κ1) is 12.9. The van der Waals surface area contributed by atoms with Gasteiger partial charge in [-0.15, -0.1) is 5.10 Å². The fourth-order valence-electron chi connectivity index (χ4n) is 1.65. The number of anilines is 1. The summed E-state index contributed by atoms with van der Waals surface area (Å²) in [4.78, 5) is 23.4. The molecule has 0 radical (unpaired) electrons. The SMILES string of the molecule is Cc1cc(NC(=O)Cn2nc(-c3ccco3)oc2=O)no1. The summed E-state index contributed by atoms with van der Waals surface area (Å²) >= 11 is 0. The van der Waals surface area contributed by atoms with Crippen LogP contribution < -0.4 is 11.1 Å². The smallest absolute Gasteiger partial charge is 0.437 e. The molecule has 1 amide bonds. The maximum Gasteiger partial charge on any atom is 0.437 e. The van der Waals surface area contributed by atoms with Gasteiger partial charge in [0.2, 0.25) is 5.91 Å². The molecule has 0 spiro atoms. The van der Waals surface area contributed by atoms with Crippen molar-refractivity contribution in [2.45, 2.75) is 13.5 Å². The summed E-state index contributed by atoms with van der Waals surface area (Å²) in [5.41, 5.74) is 0. The van der Waals surface area contributed by atoms with Gasteiger partial charge in [-0.3, -0.25) is 4.79 Å². The van der Waals surface area contributed by atoms with E-state index in [2.05, 4.69) is 15.6 Å². The zero-order valence-corrected chi connectivity index (χ0v) is 10.9. The maximum atomic E-state index is 11.8. The van der Waals surface area contributed by atoms with E-state index in [0.717, 1.165) is 4.68 Å². The molecule has 0 saturated carbocycles. The van der Waals surface area contributed by atoms with Crippen molar-refractivity contribution in [3.63, 3.8) is 0 Å². The molecule has 1 N–H and O–H groups in total. The predicted octanol–water partition coefficient (Wildman–Crippen LogP) is 1.03. The van der Waals surface area contributed by atoms with Gasteiger partial charge in [0.05, 0.1) is 6.26 Å². The summed E-state index contributed by atoms with van der Waals surface area (Å²) in [6.45, 7) is 1.38. The molecular formula is C12H10N4O5. The lowest BCUT2D eigenvalue weighted by Crippen LogP contribution is -2.25. The molecule has 0 atom stereocenters. The Kier molecular flexibility index (Phi) is 3.14. The lowest BCUT2D eigenvalue weighted by Gasteiger charge is -1.98. The molecule has 0 aliphatic heterocycles. The van der Waals surface area contributed by atoms with Gasteiger partial charge in [-0.05, 0) is 19.1 Å². The molecule has 0 unspecified atom stereocenters.